The maximum atomic E-state index is 12.6. The number of benzene rings is 2. The van der Waals surface area contributed by atoms with Crippen LogP contribution in [0, 0.1) is 13.8 Å². The molecule has 0 radical (unpaired) electrons. The molecule has 3 rings (SSSR count). The maximum Gasteiger partial charge on any atom is 0.414 e. The summed E-state index contributed by atoms with van der Waals surface area (Å²) in [5.41, 5.74) is 2.13. The van der Waals surface area contributed by atoms with E-state index in [-0.39, 0.29) is 18.0 Å². The molecular weight excluding hydrogens is 376 g/mol. The van der Waals surface area contributed by atoms with Gasteiger partial charge in [-0.15, -0.1) is 0 Å². The molecular formula is C18H19ClN2O4S. The molecule has 1 fully saturated rings. The van der Waals surface area contributed by atoms with Gasteiger partial charge in [0.2, 0.25) is 10.0 Å². The lowest BCUT2D eigenvalue weighted by Crippen LogP contribution is -2.35. The van der Waals surface area contributed by atoms with Gasteiger partial charge in [0.25, 0.3) is 0 Å². The summed E-state index contributed by atoms with van der Waals surface area (Å²) in [6.07, 6.45) is -1.11. The highest BCUT2D eigenvalue weighted by Gasteiger charge is 2.33. The van der Waals surface area contributed by atoms with Crippen LogP contribution in [-0.4, -0.2) is 33.7 Å². The second-order valence-corrected chi connectivity index (χ2v) is 8.39. The van der Waals surface area contributed by atoms with Crippen LogP contribution in [0.2, 0.25) is 5.02 Å². The Labute approximate surface area is 157 Å². The van der Waals surface area contributed by atoms with Crippen molar-refractivity contribution in [3.8, 4) is 0 Å². The van der Waals surface area contributed by atoms with Crippen LogP contribution in [0.5, 0.6) is 0 Å². The fourth-order valence-corrected chi connectivity index (χ4v) is 4.34. The number of aryl methyl sites for hydroxylation is 2. The van der Waals surface area contributed by atoms with Crippen molar-refractivity contribution < 1.29 is 17.9 Å². The summed E-state index contributed by atoms with van der Waals surface area (Å²) in [7, 11) is -3.69. The average Bonchev–Trinajstić information content (AvgIpc) is 2.96. The quantitative estimate of drug-likeness (QED) is 0.844. The molecule has 2 aromatic carbocycles. The van der Waals surface area contributed by atoms with Crippen LogP contribution in [0.25, 0.3) is 0 Å². The Bertz CT molecular complexity index is 946. The first-order valence-electron chi connectivity index (χ1n) is 8.07. The molecule has 0 aliphatic carbocycles. The number of anilines is 1. The van der Waals surface area contributed by atoms with Crippen LogP contribution in [0.15, 0.2) is 47.4 Å². The number of amides is 1. The van der Waals surface area contributed by atoms with E-state index in [2.05, 4.69) is 4.72 Å². The van der Waals surface area contributed by atoms with E-state index in [1.54, 1.807) is 43.3 Å². The maximum absolute atomic E-state index is 12.6. The number of nitrogens with zero attached hydrogens (tertiary/aromatic N) is 1. The molecule has 1 atom stereocenters. The molecule has 1 aliphatic heterocycles. The molecule has 2 aromatic rings. The molecule has 0 aromatic heterocycles. The van der Waals surface area contributed by atoms with Crippen molar-refractivity contribution in [1.29, 1.82) is 0 Å². The van der Waals surface area contributed by atoms with Gasteiger partial charge in [-0.1, -0.05) is 29.8 Å². The molecule has 1 N–H and O–H groups in total. The summed E-state index contributed by atoms with van der Waals surface area (Å²) in [4.78, 5) is 13.7. The van der Waals surface area contributed by atoms with Gasteiger partial charge in [-0.25, -0.2) is 17.9 Å². The highest BCUT2D eigenvalue weighted by Crippen LogP contribution is 2.24. The largest absolute Gasteiger partial charge is 0.443 e. The molecule has 1 heterocycles. The van der Waals surface area contributed by atoms with Gasteiger partial charge in [-0.2, -0.15) is 0 Å². The number of carbonyl (C=O) groups excluding carboxylic acids is 1. The van der Waals surface area contributed by atoms with Gasteiger partial charge in [0, 0.05) is 17.3 Å². The second-order valence-electron chi connectivity index (χ2n) is 6.22. The highest BCUT2D eigenvalue weighted by molar-refractivity contribution is 7.89. The van der Waals surface area contributed by atoms with Gasteiger partial charge in [0.05, 0.1) is 11.4 Å². The fourth-order valence-electron chi connectivity index (χ4n) is 2.76. The van der Waals surface area contributed by atoms with E-state index in [0.717, 1.165) is 5.56 Å². The molecule has 138 valence electrons. The number of sulfonamides is 1. The Morgan fingerprint density at radius 2 is 2.00 bits per heavy atom. The van der Waals surface area contributed by atoms with E-state index < -0.39 is 22.2 Å². The zero-order valence-electron chi connectivity index (χ0n) is 14.4. The highest BCUT2D eigenvalue weighted by atomic mass is 35.5. The average molecular weight is 395 g/mol. The number of cyclic esters (lactones) is 1. The summed E-state index contributed by atoms with van der Waals surface area (Å²) < 4.78 is 32.9. The van der Waals surface area contributed by atoms with Gasteiger partial charge in [-0.3, -0.25) is 4.90 Å². The molecule has 0 spiro atoms. The summed E-state index contributed by atoms with van der Waals surface area (Å²) in [5.74, 6) is 0. The van der Waals surface area contributed by atoms with E-state index in [9.17, 15) is 13.2 Å². The van der Waals surface area contributed by atoms with Crippen molar-refractivity contribution in [2.24, 2.45) is 0 Å². The lowest BCUT2D eigenvalue weighted by molar-refractivity contribution is 0.143. The van der Waals surface area contributed by atoms with Gasteiger partial charge in [-0.05, 0) is 49.2 Å². The zero-order valence-corrected chi connectivity index (χ0v) is 16.0. The number of ether oxygens (including phenoxy) is 1. The molecule has 6 nitrogen and oxygen atoms in total. The normalized spacial score (nSPS) is 17.4. The van der Waals surface area contributed by atoms with E-state index in [1.807, 2.05) is 13.0 Å². The van der Waals surface area contributed by atoms with Crippen LogP contribution < -0.4 is 9.62 Å². The molecule has 1 saturated heterocycles. The molecule has 0 saturated carbocycles. The van der Waals surface area contributed by atoms with Crippen LogP contribution in [0.4, 0.5) is 10.5 Å². The Balaban J connectivity index is 1.69. The third kappa shape index (κ3) is 4.00. The van der Waals surface area contributed by atoms with Gasteiger partial charge < -0.3 is 4.74 Å². The topological polar surface area (TPSA) is 75.7 Å². The van der Waals surface area contributed by atoms with Crippen molar-refractivity contribution in [2.75, 3.05) is 18.0 Å². The monoisotopic (exact) mass is 394 g/mol. The smallest absolute Gasteiger partial charge is 0.414 e. The number of halogens is 1. The lowest BCUT2D eigenvalue weighted by atomic mass is 10.2. The summed E-state index contributed by atoms with van der Waals surface area (Å²) in [6.45, 7) is 3.82. The number of rotatable bonds is 5. The minimum Gasteiger partial charge on any atom is -0.443 e. The molecule has 1 amide bonds. The molecule has 8 heteroatoms. The van der Waals surface area contributed by atoms with Crippen molar-refractivity contribution in [1.82, 2.24) is 4.72 Å². The van der Waals surface area contributed by atoms with Gasteiger partial charge in [0.15, 0.2) is 0 Å². The Morgan fingerprint density at radius 1 is 1.23 bits per heavy atom. The van der Waals surface area contributed by atoms with Crippen LogP contribution in [-0.2, 0) is 14.8 Å². The number of nitrogens with one attached hydrogen (secondary N) is 1. The van der Waals surface area contributed by atoms with Crippen molar-refractivity contribution >= 4 is 33.4 Å². The molecule has 26 heavy (non-hydrogen) atoms. The summed E-state index contributed by atoms with van der Waals surface area (Å²) >= 11 is 5.95. The molecule has 1 unspecified atom stereocenters. The number of hydrogen-bond acceptors (Lipinski definition) is 4. The second kappa shape index (κ2) is 7.26. The van der Waals surface area contributed by atoms with E-state index >= 15 is 0 Å². The zero-order chi connectivity index (χ0) is 18.9. The minimum atomic E-state index is -3.69. The molecule has 1 aliphatic rings. The Hall–Kier alpha value is -2.09. The first-order chi connectivity index (χ1) is 12.3. The Kier molecular flexibility index (Phi) is 5.22. The minimum absolute atomic E-state index is 0.00147. The number of carbonyl (C=O) groups is 1. The van der Waals surface area contributed by atoms with Gasteiger partial charge >= 0.3 is 6.09 Å². The van der Waals surface area contributed by atoms with Crippen LogP contribution in [0.1, 0.15) is 11.1 Å². The van der Waals surface area contributed by atoms with E-state index in [0.29, 0.717) is 16.3 Å². The third-order valence-electron chi connectivity index (χ3n) is 4.13. The van der Waals surface area contributed by atoms with E-state index in [4.69, 9.17) is 16.3 Å². The molecule has 0 bridgehead atoms. The lowest BCUT2D eigenvalue weighted by Gasteiger charge is -2.14. The standard InChI is InChI=1S/C18H19ClN2O4S/c1-12-6-7-13(2)17(8-12)26(23,24)20-10-16-11-21(18(22)25-16)15-5-3-4-14(19)9-15/h3-9,16,20H,10-11H2,1-2H3. The SMILES string of the molecule is Cc1ccc(C)c(S(=O)(=O)NCC2CN(c3cccc(Cl)c3)C(=O)O2)c1. The van der Waals surface area contributed by atoms with Gasteiger partial charge in [0.1, 0.15) is 6.10 Å². The first kappa shape index (κ1) is 18.7. The van der Waals surface area contributed by atoms with E-state index in [1.165, 1.54) is 4.90 Å². The van der Waals surface area contributed by atoms with Crippen molar-refractivity contribution in [3.63, 3.8) is 0 Å². The summed E-state index contributed by atoms with van der Waals surface area (Å²) in [5, 5.41) is 0.509. The predicted molar refractivity (Wildman–Crippen MR) is 100 cm³/mol. The fraction of sp³-hybridized carbons (Fsp3) is 0.278. The Morgan fingerprint density at radius 3 is 2.73 bits per heavy atom. The number of hydrogen-bond donors (Lipinski definition) is 1. The van der Waals surface area contributed by atoms with Crippen molar-refractivity contribution in [3.05, 3.63) is 58.6 Å². The first-order valence-corrected chi connectivity index (χ1v) is 9.93. The third-order valence-corrected chi connectivity index (χ3v) is 5.93. The van der Waals surface area contributed by atoms with Crippen LogP contribution >= 0.6 is 11.6 Å². The summed E-state index contributed by atoms with van der Waals surface area (Å²) in [6, 6.07) is 12.1. The van der Waals surface area contributed by atoms with Crippen LogP contribution in [0.3, 0.4) is 0 Å². The predicted octanol–water partition coefficient (Wildman–Crippen LogP) is 3.26. The van der Waals surface area contributed by atoms with Crippen molar-refractivity contribution in [2.45, 2.75) is 24.8 Å².